The molecule has 0 atom stereocenters. The second kappa shape index (κ2) is 5.30. The minimum Gasteiger partial charge on any atom is -0.312 e. The van der Waals surface area contributed by atoms with E-state index in [1.54, 1.807) is 0 Å². The lowest BCUT2D eigenvalue weighted by Crippen LogP contribution is -2.19. The van der Waals surface area contributed by atoms with E-state index in [0.717, 1.165) is 25.7 Å². The van der Waals surface area contributed by atoms with Crippen molar-refractivity contribution in [1.82, 2.24) is 10.2 Å². The number of rotatable bonds is 6. The van der Waals surface area contributed by atoms with Crippen LogP contribution in [0, 0.1) is 6.92 Å². The van der Waals surface area contributed by atoms with Crippen molar-refractivity contribution in [1.29, 1.82) is 0 Å². The SMILES string of the molecule is CCNCc1cc(CN(C)C2CC2)c(C)s1. The first-order valence-corrected chi connectivity index (χ1v) is 7.01. The van der Waals surface area contributed by atoms with Crippen LogP contribution in [-0.4, -0.2) is 24.5 Å². The Balaban J connectivity index is 1.94. The lowest BCUT2D eigenvalue weighted by Gasteiger charge is -2.14. The number of aryl methyl sites for hydroxylation is 1. The molecule has 2 rings (SSSR count). The van der Waals surface area contributed by atoms with Gasteiger partial charge in [0, 0.05) is 28.9 Å². The van der Waals surface area contributed by atoms with E-state index in [1.807, 2.05) is 11.3 Å². The molecule has 1 fully saturated rings. The number of hydrogen-bond acceptors (Lipinski definition) is 3. The third kappa shape index (κ3) is 3.06. The third-order valence-corrected chi connectivity index (χ3v) is 4.30. The van der Waals surface area contributed by atoms with Crippen molar-refractivity contribution in [2.24, 2.45) is 0 Å². The minimum atomic E-state index is 0.858. The maximum absolute atomic E-state index is 3.39. The summed E-state index contributed by atoms with van der Waals surface area (Å²) in [4.78, 5) is 5.45. The standard InChI is InChI=1S/C13H22N2S/c1-4-14-8-13-7-11(10(2)16-13)9-15(3)12-5-6-12/h7,12,14H,4-6,8-9H2,1-3H3. The summed E-state index contributed by atoms with van der Waals surface area (Å²) in [6.45, 7) is 7.60. The van der Waals surface area contributed by atoms with Gasteiger partial charge in [0.25, 0.3) is 0 Å². The molecule has 0 aliphatic heterocycles. The Bertz CT molecular complexity index is 342. The number of thiophene rings is 1. The summed E-state index contributed by atoms with van der Waals surface area (Å²) in [7, 11) is 2.25. The molecular formula is C13H22N2S. The maximum Gasteiger partial charge on any atom is 0.0299 e. The van der Waals surface area contributed by atoms with Crippen LogP contribution in [0.1, 0.15) is 35.1 Å². The first kappa shape index (κ1) is 12.1. The Kier molecular flexibility index (Phi) is 4.00. The molecule has 1 saturated carbocycles. The van der Waals surface area contributed by atoms with E-state index in [2.05, 4.69) is 37.2 Å². The summed E-state index contributed by atoms with van der Waals surface area (Å²) in [5.41, 5.74) is 1.52. The molecular weight excluding hydrogens is 216 g/mol. The molecule has 90 valence electrons. The molecule has 1 aromatic heterocycles. The fourth-order valence-electron chi connectivity index (χ4n) is 1.99. The molecule has 1 aromatic rings. The van der Waals surface area contributed by atoms with Crippen LogP contribution in [0.5, 0.6) is 0 Å². The average Bonchev–Trinajstić information content (AvgIpc) is 3.03. The van der Waals surface area contributed by atoms with Crippen LogP contribution >= 0.6 is 11.3 Å². The van der Waals surface area contributed by atoms with Crippen LogP contribution in [0.4, 0.5) is 0 Å². The van der Waals surface area contributed by atoms with Crippen LogP contribution < -0.4 is 5.32 Å². The minimum absolute atomic E-state index is 0.858. The summed E-state index contributed by atoms with van der Waals surface area (Å²) in [5, 5.41) is 3.39. The van der Waals surface area contributed by atoms with Gasteiger partial charge >= 0.3 is 0 Å². The highest BCUT2D eigenvalue weighted by molar-refractivity contribution is 7.12. The van der Waals surface area contributed by atoms with Gasteiger partial charge in [-0.1, -0.05) is 6.92 Å². The van der Waals surface area contributed by atoms with Crippen LogP contribution in [0.3, 0.4) is 0 Å². The van der Waals surface area contributed by atoms with Gasteiger partial charge in [0.1, 0.15) is 0 Å². The van der Waals surface area contributed by atoms with E-state index in [9.17, 15) is 0 Å². The fourth-order valence-corrected chi connectivity index (χ4v) is 3.02. The molecule has 2 nitrogen and oxygen atoms in total. The fraction of sp³-hybridized carbons (Fsp3) is 0.692. The molecule has 0 bridgehead atoms. The van der Waals surface area contributed by atoms with E-state index >= 15 is 0 Å². The Morgan fingerprint density at radius 1 is 1.50 bits per heavy atom. The summed E-state index contributed by atoms with van der Waals surface area (Å²) >= 11 is 1.94. The van der Waals surface area contributed by atoms with E-state index in [-0.39, 0.29) is 0 Å². The summed E-state index contributed by atoms with van der Waals surface area (Å²) in [6.07, 6.45) is 2.79. The van der Waals surface area contributed by atoms with Crippen LogP contribution in [-0.2, 0) is 13.1 Å². The predicted octanol–water partition coefficient (Wildman–Crippen LogP) is 2.76. The van der Waals surface area contributed by atoms with E-state index in [1.165, 1.54) is 28.2 Å². The molecule has 0 radical (unpaired) electrons. The van der Waals surface area contributed by atoms with E-state index in [0.29, 0.717) is 0 Å². The molecule has 1 heterocycles. The number of hydrogen-bond donors (Lipinski definition) is 1. The van der Waals surface area contributed by atoms with Gasteiger partial charge in [-0.3, -0.25) is 4.90 Å². The summed E-state index contributed by atoms with van der Waals surface area (Å²) in [6, 6.07) is 3.23. The molecule has 16 heavy (non-hydrogen) atoms. The molecule has 3 heteroatoms. The third-order valence-electron chi connectivity index (χ3n) is 3.21. The Hall–Kier alpha value is -0.380. The first-order valence-electron chi connectivity index (χ1n) is 6.20. The van der Waals surface area contributed by atoms with Gasteiger partial charge in [-0.25, -0.2) is 0 Å². The normalized spacial score (nSPS) is 16.0. The van der Waals surface area contributed by atoms with Gasteiger partial charge in [0.05, 0.1) is 0 Å². The van der Waals surface area contributed by atoms with E-state index in [4.69, 9.17) is 0 Å². The molecule has 0 saturated heterocycles. The highest BCUT2D eigenvalue weighted by Crippen LogP contribution is 2.29. The van der Waals surface area contributed by atoms with Crippen LogP contribution in [0.15, 0.2) is 6.07 Å². The lowest BCUT2D eigenvalue weighted by molar-refractivity contribution is 0.316. The molecule has 0 aromatic carbocycles. The second-order valence-corrected chi connectivity index (χ2v) is 6.06. The van der Waals surface area contributed by atoms with Crippen molar-refractivity contribution in [2.75, 3.05) is 13.6 Å². The van der Waals surface area contributed by atoms with Crippen molar-refractivity contribution in [3.63, 3.8) is 0 Å². The maximum atomic E-state index is 3.39. The Morgan fingerprint density at radius 2 is 2.25 bits per heavy atom. The second-order valence-electron chi connectivity index (χ2n) is 4.72. The molecule has 1 N–H and O–H groups in total. The Morgan fingerprint density at radius 3 is 2.88 bits per heavy atom. The zero-order valence-corrected chi connectivity index (χ0v) is 11.4. The van der Waals surface area contributed by atoms with Crippen molar-refractivity contribution in [2.45, 2.75) is 45.8 Å². The van der Waals surface area contributed by atoms with Crippen molar-refractivity contribution >= 4 is 11.3 Å². The largest absolute Gasteiger partial charge is 0.312 e. The topological polar surface area (TPSA) is 15.3 Å². The summed E-state index contributed by atoms with van der Waals surface area (Å²) in [5.74, 6) is 0. The Labute approximate surface area is 103 Å². The smallest absolute Gasteiger partial charge is 0.0299 e. The molecule has 1 aliphatic carbocycles. The highest BCUT2D eigenvalue weighted by atomic mass is 32.1. The number of nitrogens with zero attached hydrogens (tertiary/aromatic N) is 1. The van der Waals surface area contributed by atoms with Gasteiger partial charge in [-0.2, -0.15) is 0 Å². The molecule has 0 unspecified atom stereocenters. The number of nitrogens with one attached hydrogen (secondary N) is 1. The van der Waals surface area contributed by atoms with E-state index < -0.39 is 0 Å². The quantitative estimate of drug-likeness (QED) is 0.820. The first-order chi connectivity index (χ1) is 7.70. The zero-order chi connectivity index (χ0) is 11.5. The zero-order valence-electron chi connectivity index (χ0n) is 10.5. The molecule has 0 amide bonds. The van der Waals surface area contributed by atoms with Crippen molar-refractivity contribution in [3.05, 3.63) is 21.4 Å². The van der Waals surface area contributed by atoms with Gasteiger partial charge in [0.2, 0.25) is 0 Å². The van der Waals surface area contributed by atoms with Gasteiger partial charge in [-0.15, -0.1) is 11.3 Å². The van der Waals surface area contributed by atoms with Gasteiger partial charge in [-0.05, 0) is 45.0 Å². The molecule has 1 aliphatic rings. The van der Waals surface area contributed by atoms with Crippen molar-refractivity contribution < 1.29 is 0 Å². The predicted molar refractivity (Wildman–Crippen MR) is 70.9 cm³/mol. The van der Waals surface area contributed by atoms with Crippen LogP contribution in [0.2, 0.25) is 0 Å². The van der Waals surface area contributed by atoms with Gasteiger partial charge in [0.15, 0.2) is 0 Å². The molecule has 0 spiro atoms. The van der Waals surface area contributed by atoms with Crippen LogP contribution in [0.25, 0.3) is 0 Å². The average molecular weight is 238 g/mol. The van der Waals surface area contributed by atoms with Gasteiger partial charge < -0.3 is 5.32 Å². The van der Waals surface area contributed by atoms with Crippen molar-refractivity contribution in [3.8, 4) is 0 Å². The lowest BCUT2D eigenvalue weighted by atomic mass is 10.2. The highest BCUT2D eigenvalue weighted by Gasteiger charge is 2.26. The monoisotopic (exact) mass is 238 g/mol. The summed E-state index contributed by atoms with van der Waals surface area (Å²) < 4.78 is 0.